The van der Waals surface area contributed by atoms with E-state index in [2.05, 4.69) is 43.2 Å². The van der Waals surface area contributed by atoms with Gasteiger partial charge in [-0.3, -0.25) is 19.4 Å². The molecule has 1 aromatic heterocycles. The molecule has 136 valence electrons. The number of rotatable bonds is 4. The molecule has 2 amide bonds. The molecule has 0 aliphatic carbocycles. The zero-order valence-corrected chi connectivity index (χ0v) is 16.7. The van der Waals surface area contributed by atoms with Crippen molar-refractivity contribution < 1.29 is 9.59 Å². The molecule has 5 nitrogen and oxygen atoms in total. The summed E-state index contributed by atoms with van der Waals surface area (Å²) < 4.78 is 0.929. The lowest BCUT2D eigenvalue weighted by Gasteiger charge is -2.36. The molecule has 1 atom stereocenters. The highest BCUT2D eigenvalue weighted by Gasteiger charge is 2.43. The van der Waals surface area contributed by atoms with Crippen LogP contribution in [0.5, 0.6) is 0 Å². The summed E-state index contributed by atoms with van der Waals surface area (Å²) in [5.41, 5.74) is 0.655. The van der Waals surface area contributed by atoms with Crippen LogP contribution in [-0.4, -0.2) is 53.8 Å². The highest BCUT2D eigenvalue weighted by Crippen LogP contribution is 2.27. The largest absolute Gasteiger partial charge is 0.296 e. The molecule has 2 aromatic rings. The maximum absolute atomic E-state index is 12.9. The number of hydrogen-bond acceptors (Lipinski definition) is 5. The summed E-state index contributed by atoms with van der Waals surface area (Å²) in [6, 6.07) is 11.2. The van der Waals surface area contributed by atoms with Gasteiger partial charge < -0.3 is 0 Å². The van der Waals surface area contributed by atoms with Gasteiger partial charge in [0.2, 0.25) is 5.91 Å². The SMILES string of the molecule is O=C1C[C@H](N2CCN(Cc3cccs3)CC2)C(=O)N1c1ccc(Br)cc1. The van der Waals surface area contributed by atoms with Crippen LogP contribution in [0.3, 0.4) is 0 Å². The number of piperazine rings is 1. The predicted octanol–water partition coefficient (Wildman–Crippen LogP) is 2.96. The van der Waals surface area contributed by atoms with Crippen LogP contribution in [0.15, 0.2) is 46.3 Å². The Labute approximate surface area is 165 Å². The minimum Gasteiger partial charge on any atom is -0.296 e. The van der Waals surface area contributed by atoms with Crippen LogP contribution < -0.4 is 4.90 Å². The molecule has 2 aliphatic heterocycles. The Morgan fingerprint density at radius 1 is 1.04 bits per heavy atom. The molecule has 0 bridgehead atoms. The fraction of sp³-hybridized carbons (Fsp3) is 0.368. The summed E-state index contributed by atoms with van der Waals surface area (Å²) in [5, 5.41) is 2.10. The summed E-state index contributed by atoms with van der Waals surface area (Å²) in [4.78, 5) is 32.6. The van der Waals surface area contributed by atoms with Crippen molar-refractivity contribution >= 4 is 44.8 Å². The molecule has 0 radical (unpaired) electrons. The molecule has 7 heteroatoms. The Kier molecular flexibility index (Phi) is 5.22. The van der Waals surface area contributed by atoms with Crippen molar-refractivity contribution in [2.24, 2.45) is 0 Å². The molecular formula is C19H20BrN3O2S. The van der Waals surface area contributed by atoms with E-state index in [-0.39, 0.29) is 24.3 Å². The zero-order chi connectivity index (χ0) is 18.1. The van der Waals surface area contributed by atoms with Crippen LogP contribution in [-0.2, 0) is 16.1 Å². The summed E-state index contributed by atoms with van der Waals surface area (Å²) in [5.74, 6) is -0.202. The minimum absolute atomic E-state index is 0.0935. The second-order valence-electron chi connectivity index (χ2n) is 6.66. The number of amides is 2. The average molecular weight is 434 g/mol. The molecule has 0 saturated carbocycles. The van der Waals surface area contributed by atoms with Gasteiger partial charge in [0.05, 0.1) is 18.2 Å². The van der Waals surface area contributed by atoms with Crippen LogP contribution in [0.1, 0.15) is 11.3 Å². The molecule has 2 fully saturated rings. The van der Waals surface area contributed by atoms with E-state index >= 15 is 0 Å². The van der Waals surface area contributed by atoms with Crippen LogP contribution in [0.4, 0.5) is 5.69 Å². The molecule has 2 aliphatic rings. The first-order valence-electron chi connectivity index (χ1n) is 8.73. The number of halogens is 1. The number of nitrogens with zero attached hydrogens (tertiary/aromatic N) is 3. The van der Waals surface area contributed by atoms with Crippen molar-refractivity contribution in [2.75, 3.05) is 31.1 Å². The predicted molar refractivity (Wildman–Crippen MR) is 106 cm³/mol. The lowest BCUT2D eigenvalue weighted by molar-refractivity contribution is -0.123. The van der Waals surface area contributed by atoms with Gasteiger partial charge in [-0.2, -0.15) is 0 Å². The van der Waals surface area contributed by atoms with Crippen LogP contribution in [0.25, 0.3) is 0 Å². The number of thiophene rings is 1. The van der Waals surface area contributed by atoms with E-state index in [4.69, 9.17) is 0 Å². The van der Waals surface area contributed by atoms with E-state index in [1.807, 2.05) is 12.1 Å². The first-order chi connectivity index (χ1) is 12.6. The van der Waals surface area contributed by atoms with E-state index in [1.165, 1.54) is 9.78 Å². The second kappa shape index (κ2) is 7.60. The molecule has 0 spiro atoms. The van der Waals surface area contributed by atoms with Gasteiger partial charge in [0.15, 0.2) is 0 Å². The molecule has 0 unspecified atom stereocenters. The minimum atomic E-state index is -0.324. The van der Waals surface area contributed by atoms with E-state index in [0.29, 0.717) is 5.69 Å². The summed E-state index contributed by atoms with van der Waals surface area (Å²) in [6.07, 6.45) is 0.278. The highest BCUT2D eigenvalue weighted by atomic mass is 79.9. The topological polar surface area (TPSA) is 43.9 Å². The van der Waals surface area contributed by atoms with E-state index < -0.39 is 0 Å². The molecule has 26 heavy (non-hydrogen) atoms. The quantitative estimate of drug-likeness (QED) is 0.695. The van der Waals surface area contributed by atoms with Gasteiger partial charge in [0.1, 0.15) is 0 Å². The van der Waals surface area contributed by atoms with Crippen molar-refractivity contribution in [3.63, 3.8) is 0 Å². The fourth-order valence-corrected chi connectivity index (χ4v) is 4.63. The molecule has 0 N–H and O–H groups in total. The standard InChI is InChI=1S/C19H20BrN3O2S/c20-14-3-5-15(6-4-14)23-18(24)12-17(19(23)25)22-9-7-21(8-10-22)13-16-2-1-11-26-16/h1-6,11,17H,7-10,12-13H2/t17-/m0/s1. The maximum atomic E-state index is 12.9. The Morgan fingerprint density at radius 2 is 1.77 bits per heavy atom. The van der Waals surface area contributed by atoms with Crippen molar-refractivity contribution in [2.45, 2.75) is 19.0 Å². The highest BCUT2D eigenvalue weighted by molar-refractivity contribution is 9.10. The van der Waals surface area contributed by atoms with Crippen molar-refractivity contribution in [3.05, 3.63) is 51.1 Å². The van der Waals surface area contributed by atoms with Crippen molar-refractivity contribution in [3.8, 4) is 0 Å². The number of carbonyl (C=O) groups excluding carboxylic acids is 2. The van der Waals surface area contributed by atoms with Gasteiger partial charge in [-0.25, -0.2) is 4.90 Å². The van der Waals surface area contributed by atoms with Gasteiger partial charge in [0.25, 0.3) is 5.91 Å². The van der Waals surface area contributed by atoms with Crippen molar-refractivity contribution in [1.82, 2.24) is 9.80 Å². The molecule has 1 aromatic carbocycles. The van der Waals surface area contributed by atoms with Gasteiger partial charge in [-0.05, 0) is 35.7 Å². The number of imide groups is 1. The van der Waals surface area contributed by atoms with Crippen LogP contribution in [0, 0.1) is 0 Å². The molecule has 3 heterocycles. The first-order valence-corrected chi connectivity index (χ1v) is 10.4. The van der Waals surface area contributed by atoms with Gasteiger partial charge in [0, 0.05) is 42.1 Å². The van der Waals surface area contributed by atoms with Crippen LogP contribution >= 0.6 is 27.3 Å². The number of hydrogen-bond donors (Lipinski definition) is 0. The monoisotopic (exact) mass is 433 g/mol. The smallest absolute Gasteiger partial charge is 0.251 e. The van der Waals surface area contributed by atoms with E-state index in [0.717, 1.165) is 37.2 Å². The molecular weight excluding hydrogens is 414 g/mol. The number of anilines is 1. The van der Waals surface area contributed by atoms with E-state index in [9.17, 15) is 9.59 Å². The normalized spacial score (nSPS) is 22.3. The van der Waals surface area contributed by atoms with Crippen LogP contribution in [0.2, 0.25) is 0 Å². The Bertz CT molecular complexity index is 786. The molecule has 2 saturated heterocycles. The molecule has 4 rings (SSSR count). The van der Waals surface area contributed by atoms with E-state index in [1.54, 1.807) is 23.5 Å². The average Bonchev–Trinajstić information content (AvgIpc) is 3.25. The zero-order valence-electron chi connectivity index (χ0n) is 14.3. The number of carbonyl (C=O) groups is 2. The Hall–Kier alpha value is -1.54. The Morgan fingerprint density at radius 3 is 2.42 bits per heavy atom. The lowest BCUT2D eigenvalue weighted by Crippen LogP contribution is -2.52. The van der Waals surface area contributed by atoms with Gasteiger partial charge in [-0.1, -0.05) is 22.0 Å². The Balaban J connectivity index is 1.39. The third-order valence-corrected chi connectivity index (χ3v) is 6.40. The number of benzene rings is 1. The summed E-state index contributed by atoms with van der Waals surface area (Å²) in [7, 11) is 0. The first kappa shape index (κ1) is 17.9. The van der Waals surface area contributed by atoms with Crippen molar-refractivity contribution in [1.29, 1.82) is 0 Å². The third-order valence-electron chi connectivity index (χ3n) is 5.01. The van der Waals surface area contributed by atoms with Gasteiger partial charge >= 0.3 is 0 Å². The third kappa shape index (κ3) is 3.62. The fourth-order valence-electron chi connectivity index (χ4n) is 3.62. The summed E-state index contributed by atoms with van der Waals surface area (Å²) in [6.45, 7) is 4.46. The lowest BCUT2D eigenvalue weighted by atomic mass is 10.1. The second-order valence-corrected chi connectivity index (χ2v) is 8.60. The maximum Gasteiger partial charge on any atom is 0.251 e. The summed E-state index contributed by atoms with van der Waals surface area (Å²) >= 11 is 5.16. The van der Waals surface area contributed by atoms with Gasteiger partial charge in [-0.15, -0.1) is 11.3 Å².